The van der Waals surface area contributed by atoms with Crippen LogP contribution in [0.3, 0.4) is 0 Å². The van der Waals surface area contributed by atoms with Gasteiger partial charge in [0, 0.05) is 11.7 Å². The molecule has 0 fully saturated rings. The Kier molecular flexibility index (Phi) is 3.67. The highest BCUT2D eigenvalue weighted by molar-refractivity contribution is 5.30. The molecule has 0 radical (unpaired) electrons. The summed E-state index contributed by atoms with van der Waals surface area (Å²) in [5.74, 6) is 0.830. The van der Waals surface area contributed by atoms with Gasteiger partial charge in [0.05, 0.1) is 19.3 Å². The molecule has 0 aliphatic heterocycles. The summed E-state index contributed by atoms with van der Waals surface area (Å²) in [5, 5.41) is 4.42. The van der Waals surface area contributed by atoms with Gasteiger partial charge in [0.25, 0.3) is 0 Å². The van der Waals surface area contributed by atoms with E-state index in [1.807, 2.05) is 42.8 Å². The van der Waals surface area contributed by atoms with Crippen LogP contribution in [0.4, 0.5) is 0 Å². The molecule has 0 bridgehead atoms. The number of benzene rings is 1. The summed E-state index contributed by atoms with van der Waals surface area (Å²) in [6.45, 7) is 4.70. The van der Waals surface area contributed by atoms with Crippen molar-refractivity contribution in [2.75, 3.05) is 7.11 Å². The number of methoxy groups -OCH3 is 1. The van der Waals surface area contributed by atoms with E-state index < -0.39 is 0 Å². The predicted octanol–water partition coefficient (Wildman–Crippen LogP) is 2.21. The van der Waals surface area contributed by atoms with Crippen LogP contribution in [0.15, 0.2) is 30.3 Å². The zero-order chi connectivity index (χ0) is 13.1. The first-order valence-corrected chi connectivity index (χ1v) is 6.00. The van der Waals surface area contributed by atoms with Gasteiger partial charge in [-0.1, -0.05) is 12.1 Å². The molecule has 0 saturated carbocycles. The highest BCUT2D eigenvalue weighted by Gasteiger charge is 2.10. The molecule has 96 valence electrons. The monoisotopic (exact) mass is 245 g/mol. The molecule has 0 amide bonds. The smallest absolute Gasteiger partial charge is 0.119 e. The third-order valence-electron chi connectivity index (χ3n) is 2.99. The Balaban J connectivity index is 2.16. The van der Waals surface area contributed by atoms with Gasteiger partial charge in [-0.15, -0.1) is 0 Å². The van der Waals surface area contributed by atoms with Gasteiger partial charge in [-0.2, -0.15) is 5.10 Å². The number of hydrogen-bond acceptors (Lipinski definition) is 3. The van der Waals surface area contributed by atoms with Crippen molar-refractivity contribution in [3.63, 3.8) is 0 Å². The second-order valence-corrected chi connectivity index (χ2v) is 4.49. The van der Waals surface area contributed by atoms with Crippen molar-refractivity contribution in [1.82, 2.24) is 9.78 Å². The Morgan fingerprint density at radius 1 is 1.33 bits per heavy atom. The van der Waals surface area contributed by atoms with Gasteiger partial charge in [0.15, 0.2) is 0 Å². The summed E-state index contributed by atoms with van der Waals surface area (Å²) < 4.78 is 7.15. The molecule has 0 saturated heterocycles. The normalized spacial score (nSPS) is 12.4. The average molecular weight is 245 g/mol. The second-order valence-electron chi connectivity index (χ2n) is 4.49. The Hall–Kier alpha value is -1.81. The van der Waals surface area contributed by atoms with E-state index in [-0.39, 0.29) is 6.04 Å². The van der Waals surface area contributed by atoms with Gasteiger partial charge in [-0.25, -0.2) is 0 Å². The van der Waals surface area contributed by atoms with Crippen LogP contribution in [-0.2, 0) is 6.54 Å². The molecule has 1 unspecified atom stereocenters. The molecule has 4 heteroatoms. The number of rotatable bonds is 4. The van der Waals surface area contributed by atoms with Crippen LogP contribution in [0.2, 0.25) is 0 Å². The van der Waals surface area contributed by atoms with Crippen LogP contribution >= 0.6 is 0 Å². The molecule has 0 aliphatic carbocycles. The van der Waals surface area contributed by atoms with E-state index in [1.54, 1.807) is 7.11 Å². The molecule has 4 nitrogen and oxygen atoms in total. The zero-order valence-electron chi connectivity index (χ0n) is 11.1. The molecule has 1 aromatic carbocycles. The van der Waals surface area contributed by atoms with E-state index in [4.69, 9.17) is 10.5 Å². The first kappa shape index (κ1) is 12.6. The summed E-state index contributed by atoms with van der Waals surface area (Å²) in [6.07, 6.45) is 0. The number of aromatic nitrogens is 2. The van der Waals surface area contributed by atoms with E-state index in [0.29, 0.717) is 6.54 Å². The van der Waals surface area contributed by atoms with Crippen molar-refractivity contribution < 1.29 is 4.74 Å². The highest BCUT2D eigenvalue weighted by Crippen LogP contribution is 2.19. The number of hydrogen-bond donors (Lipinski definition) is 1. The van der Waals surface area contributed by atoms with Crippen molar-refractivity contribution in [2.45, 2.75) is 26.4 Å². The van der Waals surface area contributed by atoms with Gasteiger partial charge in [0.1, 0.15) is 5.75 Å². The van der Waals surface area contributed by atoms with Crippen LogP contribution < -0.4 is 10.5 Å². The quantitative estimate of drug-likeness (QED) is 0.898. The average Bonchev–Trinajstić information content (AvgIpc) is 2.68. The minimum absolute atomic E-state index is 0.0851. The van der Waals surface area contributed by atoms with Gasteiger partial charge in [-0.3, -0.25) is 4.68 Å². The van der Waals surface area contributed by atoms with Crippen molar-refractivity contribution in [3.05, 3.63) is 47.3 Å². The van der Waals surface area contributed by atoms with E-state index in [9.17, 15) is 0 Å². The lowest BCUT2D eigenvalue weighted by Gasteiger charge is -2.14. The van der Waals surface area contributed by atoms with Gasteiger partial charge < -0.3 is 10.5 Å². The molecule has 0 aliphatic rings. The van der Waals surface area contributed by atoms with Gasteiger partial charge in [0.2, 0.25) is 0 Å². The molecule has 2 N–H and O–H groups in total. The van der Waals surface area contributed by atoms with Crippen molar-refractivity contribution in [2.24, 2.45) is 5.73 Å². The van der Waals surface area contributed by atoms with Crippen LogP contribution in [0.1, 0.15) is 23.0 Å². The van der Waals surface area contributed by atoms with Crippen molar-refractivity contribution in [1.29, 1.82) is 0 Å². The minimum atomic E-state index is -0.0851. The topological polar surface area (TPSA) is 53.1 Å². The SMILES string of the molecule is COc1cccc(C(N)Cn2nc(C)cc2C)c1. The summed E-state index contributed by atoms with van der Waals surface area (Å²) in [5.41, 5.74) is 9.42. The number of nitrogens with zero attached hydrogens (tertiary/aromatic N) is 2. The Morgan fingerprint density at radius 2 is 2.11 bits per heavy atom. The van der Waals surface area contributed by atoms with E-state index in [1.165, 1.54) is 0 Å². The summed E-state index contributed by atoms with van der Waals surface area (Å²) in [6, 6.07) is 9.82. The van der Waals surface area contributed by atoms with Crippen LogP contribution in [0.5, 0.6) is 5.75 Å². The molecule has 2 aromatic rings. The maximum Gasteiger partial charge on any atom is 0.119 e. The fraction of sp³-hybridized carbons (Fsp3) is 0.357. The maximum absolute atomic E-state index is 6.21. The predicted molar refractivity (Wildman–Crippen MR) is 71.6 cm³/mol. The molecule has 2 rings (SSSR count). The molecule has 1 heterocycles. The molecule has 18 heavy (non-hydrogen) atoms. The van der Waals surface area contributed by atoms with E-state index in [2.05, 4.69) is 11.2 Å². The molecule has 1 aromatic heterocycles. The van der Waals surface area contributed by atoms with Crippen LogP contribution in [0.25, 0.3) is 0 Å². The second kappa shape index (κ2) is 5.23. The number of aryl methyl sites for hydroxylation is 2. The number of ether oxygens (including phenoxy) is 1. The third-order valence-corrected chi connectivity index (χ3v) is 2.99. The Labute approximate surface area is 107 Å². The molecule has 0 spiro atoms. The van der Waals surface area contributed by atoms with Crippen LogP contribution in [0, 0.1) is 13.8 Å². The largest absolute Gasteiger partial charge is 0.497 e. The maximum atomic E-state index is 6.21. The summed E-state index contributed by atoms with van der Waals surface area (Å²) >= 11 is 0. The standard InChI is InChI=1S/C14H19N3O/c1-10-7-11(2)17(16-10)9-14(15)12-5-4-6-13(8-12)18-3/h4-8,14H,9,15H2,1-3H3. The molecular weight excluding hydrogens is 226 g/mol. The summed E-state index contributed by atoms with van der Waals surface area (Å²) in [4.78, 5) is 0. The van der Waals surface area contributed by atoms with Gasteiger partial charge >= 0.3 is 0 Å². The molecular formula is C14H19N3O. The Morgan fingerprint density at radius 3 is 2.72 bits per heavy atom. The van der Waals surface area contributed by atoms with Gasteiger partial charge in [-0.05, 0) is 37.6 Å². The fourth-order valence-electron chi connectivity index (χ4n) is 2.02. The first-order chi connectivity index (χ1) is 8.60. The third kappa shape index (κ3) is 2.71. The number of nitrogens with two attached hydrogens (primary N) is 1. The zero-order valence-corrected chi connectivity index (χ0v) is 11.1. The lowest BCUT2D eigenvalue weighted by atomic mass is 10.1. The molecule has 1 atom stereocenters. The highest BCUT2D eigenvalue weighted by atomic mass is 16.5. The fourth-order valence-corrected chi connectivity index (χ4v) is 2.02. The van der Waals surface area contributed by atoms with Crippen molar-refractivity contribution >= 4 is 0 Å². The lowest BCUT2D eigenvalue weighted by molar-refractivity contribution is 0.413. The first-order valence-electron chi connectivity index (χ1n) is 6.00. The lowest BCUT2D eigenvalue weighted by Crippen LogP contribution is -2.19. The summed E-state index contributed by atoms with van der Waals surface area (Å²) in [7, 11) is 1.66. The Bertz CT molecular complexity index is 534. The van der Waals surface area contributed by atoms with E-state index >= 15 is 0 Å². The minimum Gasteiger partial charge on any atom is -0.497 e. The van der Waals surface area contributed by atoms with E-state index in [0.717, 1.165) is 22.7 Å². The van der Waals surface area contributed by atoms with Crippen LogP contribution in [-0.4, -0.2) is 16.9 Å². The van der Waals surface area contributed by atoms with Crippen molar-refractivity contribution in [3.8, 4) is 5.75 Å².